The number of aryl methyl sites for hydroxylation is 1. The topological polar surface area (TPSA) is 125 Å². The van der Waals surface area contributed by atoms with E-state index in [-0.39, 0.29) is 17.9 Å². The Kier molecular flexibility index (Phi) is 5.28. The summed E-state index contributed by atoms with van der Waals surface area (Å²) >= 11 is 0. The molecule has 4 heterocycles. The van der Waals surface area contributed by atoms with E-state index in [2.05, 4.69) is 31.9 Å². The molecule has 0 unspecified atom stereocenters. The average molecular weight is 451 g/mol. The van der Waals surface area contributed by atoms with E-state index in [9.17, 15) is 9.90 Å². The minimum absolute atomic E-state index is 0.163. The molecular formula is C25H21N7O2. The van der Waals surface area contributed by atoms with Crippen molar-refractivity contribution in [3.63, 3.8) is 0 Å². The number of aliphatic hydroxyl groups excluding tert-OH is 1. The molecule has 0 saturated carbocycles. The Bertz CT molecular complexity index is 1660. The molecule has 5 aromatic rings. The number of anilines is 1. The molecule has 1 aromatic carbocycles. The van der Waals surface area contributed by atoms with Gasteiger partial charge in [-0.15, -0.1) is 0 Å². The molecule has 0 spiro atoms. The number of benzene rings is 1. The van der Waals surface area contributed by atoms with Gasteiger partial charge >= 0.3 is 0 Å². The van der Waals surface area contributed by atoms with E-state index in [0.717, 1.165) is 11.3 Å². The highest BCUT2D eigenvalue weighted by Gasteiger charge is 2.18. The van der Waals surface area contributed by atoms with E-state index >= 15 is 0 Å². The first kappa shape index (κ1) is 21.3. The highest BCUT2D eigenvalue weighted by Crippen LogP contribution is 2.23. The van der Waals surface area contributed by atoms with Gasteiger partial charge in [0.2, 0.25) is 0 Å². The summed E-state index contributed by atoms with van der Waals surface area (Å²) in [4.78, 5) is 26.5. The third-order valence-electron chi connectivity index (χ3n) is 5.48. The summed E-state index contributed by atoms with van der Waals surface area (Å²) in [5, 5.41) is 15.3. The number of nitrogens with two attached hydrogens (primary N) is 1. The van der Waals surface area contributed by atoms with E-state index in [0.29, 0.717) is 33.3 Å². The molecule has 0 amide bonds. The zero-order valence-electron chi connectivity index (χ0n) is 18.6. The van der Waals surface area contributed by atoms with Crippen molar-refractivity contribution in [3.8, 4) is 17.5 Å². The summed E-state index contributed by atoms with van der Waals surface area (Å²) in [6, 6.07) is 13.1. The van der Waals surface area contributed by atoms with Crippen molar-refractivity contribution in [2.45, 2.75) is 26.5 Å². The lowest BCUT2D eigenvalue weighted by Gasteiger charge is -2.15. The second-order valence-corrected chi connectivity index (χ2v) is 7.91. The minimum atomic E-state index is -0.830. The van der Waals surface area contributed by atoms with Gasteiger partial charge < -0.3 is 10.8 Å². The Labute approximate surface area is 194 Å². The van der Waals surface area contributed by atoms with Crippen molar-refractivity contribution >= 4 is 27.8 Å². The molecule has 0 aliphatic carbocycles. The second-order valence-electron chi connectivity index (χ2n) is 7.91. The quantitative estimate of drug-likeness (QED) is 0.403. The fourth-order valence-corrected chi connectivity index (χ4v) is 3.96. The Morgan fingerprint density at radius 3 is 2.68 bits per heavy atom. The molecule has 0 bridgehead atoms. The van der Waals surface area contributed by atoms with Crippen LogP contribution in [0.25, 0.3) is 27.6 Å². The maximum absolute atomic E-state index is 13.7. The summed E-state index contributed by atoms with van der Waals surface area (Å²) in [5.74, 6) is 5.78. The molecule has 34 heavy (non-hydrogen) atoms. The molecule has 9 nitrogen and oxygen atoms in total. The molecule has 5 rings (SSSR count). The van der Waals surface area contributed by atoms with Crippen LogP contribution in [0.15, 0.2) is 59.8 Å². The van der Waals surface area contributed by atoms with Crippen LogP contribution in [-0.4, -0.2) is 40.5 Å². The summed E-state index contributed by atoms with van der Waals surface area (Å²) in [7, 11) is 0. The highest BCUT2D eigenvalue weighted by molar-refractivity contribution is 5.90. The zero-order valence-corrected chi connectivity index (χ0v) is 18.6. The Morgan fingerprint density at radius 1 is 1.12 bits per heavy atom. The van der Waals surface area contributed by atoms with Crippen molar-refractivity contribution in [1.29, 1.82) is 0 Å². The van der Waals surface area contributed by atoms with E-state index in [1.165, 1.54) is 6.33 Å². The zero-order chi connectivity index (χ0) is 23.8. The SMILES string of the molecule is Cc1ccnc2cc(Cn3nc(C#C[C@@H](C)O)c4c(N)ncnc43)n(-c3ccccc3)c(=O)c12. The lowest BCUT2D eigenvalue weighted by Crippen LogP contribution is -2.24. The lowest BCUT2D eigenvalue weighted by atomic mass is 10.1. The summed E-state index contributed by atoms with van der Waals surface area (Å²) in [6.07, 6.45) is 2.22. The Balaban J connectivity index is 1.77. The number of aromatic nitrogens is 6. The summed E-state index contributed by atoms with van der Waals surface area (Å²) in [6.45, 7) is 3.67. The monoisotopic (exact) mass is 451 g/mol. The van der Waals surface area contributed by atoms with E-state index in [1.807, 2.05) is 49.4 Å². The fourth-order valence-electron chi connectivity index (χ4n) is 3.96. The van der Waals surface area contributed by atoms with Crippen molar-refractivity contribution in [2.24, 2.45) is 0 Å². The number of rotatable bonds is 3. The van der Waals surface area contributed by atoms with Crippen LogP contribution < -0.4 is 11.3 Å². The Morgan fingerprint density at radius 2 is 1.91 bits per heavy atom. The van der Waals surface area contributed by atoms with Gasteiger partial charge in [-0.3, -0.25) is 14.3 Å². The number of nitrogens with zero attached hydrogens (tertiary/aromatic N) is 6. The van der Waals surface area contributed by atoms with Crippen LogP contribution in [0.3, 0.4) is 0 Å². The fraction of sp³-hybridized carbons (Fsp3) is 0.160. The smallest absolute Gasteiger partial charge is 0.265 e. The van der Waals surface area contributed by atoms with Crippen molar-refractivity contribution < 1.29 is 5.11 Å². The highest BCUT2D eigenvalue weighted by atomic mass is 16.3. The first-order chi connectivity index (χ1) is 16.4. The van der Waals surface area contributed by atoms with Gasteiger partial charge in [-0.2, -0.15) is 5.10 Å². The maximum atomic E-state index is 13.7. The van der Waals surface area contributed by atoms with Crippen LogP contribution in [0.4, 0.5) is 5.82 Å². The van der Waals surface area contributed by atoms with Crippen LogP contribution in [0.2, 0.25) is 0 Å². The number of hydrogen-bond acceptors (Lipinski definition) is 7. The van der Waals surface area contributed by atoms with E-state index in [4.69, 9.17) is 5.73 Å². The lowest BCUT2D eigenvalue weighted by molar-refractivity contribution is 0.253. The van der Waals surface area contributed by atoms with Gasteiger partial charge in [0.15, 0.2) is 5.65 Å². The molecule has 4 aromatic heterocycles. The van der Waals surface area contributed by atoms with Crippen LogP contribution in [0.5, 0.6) is 0 Å². The van der Waals surface area contributed by atoms with Crippen molar-refractivity contribution in [2.75, 3.05) is 5.73 Å². The molecule has 0 saturated heterocycles. The predicted molar refractivity (Wildman–Crippen MR) is 129 cm³/mol. The number of pyridine rings is 2. The largest absolute Gasteiger partial charge is 0.383 e. The summed E-state index contributed by atoms with van der Waals surface area (Å²) in [5.41, 5.74) is 9.63. The molecule has 0 aliphatic rings. The standard InChI is InChI=1S/C25H21N7O2/c1-15-10-11-27-20-12-18(32(25(34)21(15)20)17-6-4-3-5-7-17)13-31-24-22(23(26)28-14-29-24)19(30-31)9-8-16(2)33/h3-7,10-12,14,16,33H,13H2,1-2H3,(H2,26,28,29)/t16-/m1/s1. The van der Waals surface area contributed by atoms with E-state index < -0.39 is 6.10 Å². The summed E-state index contributed by atoms with van der Waals surface area (Å²) < 4.78 is 3.30. The van der Waals surface area contributed by atoms with Gasteiger partial charge in [-0.1, -0.05) is 24.1 Å². The molecule has 3 N–H and O–H groups in total. The van der Waals surface area contributed by atoms with Gasteiger partial charge in [-0.05, 0) is 49.6 Å². The maximum Gasteiger partial charge on any atom is 0.265 e. The van der Waals surface area contributed by atoms with Crippen LogP contribution in [-0.2, 0) is 6.54 Å². The van der Waals surface area contributed by atoms with E-state index in [1.54, 1.807) is 22.4 Å². The van der Waals surface area contributed by atoms with Gasteiger partial charge in [0.1, 0.15) is 23.9 Å². The Hall–Kier alpha value is -4.55. The van der Waals surface area contributed by atoms with Gasteiger partial charge in [0.25, 0.3) is 5.56 Å². The first-order valence-electron chi connectivity index (χ1n) is 10.7. The predicted octanol–water partition coefficient (Wildman–Crippen LogP) is 2.20. The minimum Gasteiger partial charge on any atom is -0.383 e. The first-order valence-corrected chi connectivity index (χ1v) is 10.7. The number of aliphatic hydroxyl groups is 1. The number of para-hydroxylation sites is 1. The number of hydrogen-bond donors (Lipinski definition) is 2. The van der Waals surface area contributed by atoms with Crippen molar-refractivity contribution in [1.82, 2.24) is 29.3 Å². The second kappa shape index (κ2) is 8.42. The third-order valence-corrected chi connectivity index (χ3v) is 5.48. The van der Waals surface area contributed by atoms with Gasteiger partial charge in [0, 0.05) is 11.9 Å². The number of fused-ring (bicyclic) bond motifs is 2. The van der Waals surface area contributed by atoms with Crippen molar-refractivity contribution in [3.05, 3.63) is 82.3 Å². The number of nitrogen functional groups attached to an aromatic ring is 1. The molecule has 0 radical (unpaired) electrons. The van der Waals surface area contributed by atoms with Gasteiger partial charge in [0.05, 0.1) is 28.5 Å². The average Bonchev–Trinajstić information content (AvgIpc) is 3.17. The van der Waals surface area contributed by atoms with Gasteiger partial charge in [-0.25, -0.2) is 14.6 Å². The van der Waals surface area contributed by atoms with Crippen LogP contribution >= 0.6 is 0 Å². The third kappa shape index (κ3) is 3.66. The molecule has 9 heteroatoms. The van der Waals surface area contributed by atoms with Crippen LogP contribution in [0.1, 0.15) is 23.9 Å². The molecule has 0 fully saturated rings. The molecule has 1 atom stereocenters. The van der Waals surface area contributed by atoms with Crippen LogP contribution in [0, 0.1) is 18.8 Å². The molecular weight excluding hydrogens is 430 g/mol. The molecule has 168 valence electrons. The molecule has 0 aliphatic heterocycles. The normalized spacial score (nSPS) is 12.0.